The van der Waals surface area contributed by atoms with Gasteiger partial charge in [-0.1, -0.05) is 18.2 Å². The fraction of sp³-hybridized carbons (Fsp3) is 0.467. The molecule has 1 aliphatic carbocycles. The SMILES string of the molecule is COCCCNC(=O)CCN1C(=O)N=C2C=CC=CC2C1=O. The van der Waals surface area contributed by atoms with E-state index in [1.165, 1.54) is 0 Å². The van der Waals surface area contributed by atoms with Crippen LogP contribution in [0.1, 0.15) is 12.8 Å². The number of allylic oxidation sites excluding steroid dienone is 3. The molecule has 1 aliphatic heterocycles. The van der Waals surface area contributed by atoms with Crippen molar-refractivity contribution in [3.05, 3.63) is 24.3 Å². The number of fused-ring (bicyclic) bond motifs is 1. The summed E-state index contributed by atoms with van der Waals surface area (Å²) in [5.41, 5.74) is 0.456. The van der Waals surface area contributed by atoms with Gasteiger partial charge >= 0.3 is 6.03 Å². The van der Waals surface area contributed by atoms with Crippen LogP contribution in [0.3, 0.4) is 0 Å². The molecule has 0 spiro atoms. The minimum absolute atomic E-state index is 0.0403. The van der Waals surface area contributed by atoms with Crippen molar-refractivity contribution in [3.63, 3.8) is 0 Å². The highest BCUT2D eigenvalue weighted by Gasteiger charge is 2.35. The molecule has 0 fully saturated rings. The van der Waals surface area contributed by atoms with E-state index in [9.17, 15) is 14.4 Å². The maximum absolute atomic E-state index is 12.3. The van der Waals surface area contributed by atoms with Crippen LogP contribution in [0.15, 0.2) is 29.3 Å². The van der Waals surface area contributed by atoms with Gasteiger partial charge in [0.15, 0.2) is 0 Å². The van der Waals surface area contributed by atoms with Crippen LogP contribution in [0.4, 0.5) is 4.79 Å². The highest BCUT2D eigenvalue weighted by Crippen LogP contribution is 2.19. The average molecular weight is 305 g/mol. The monoisotopic (exact) mass is 305 g/mol. The third-order valence-electron chi connectivity index (χ3n) is 3.40. The van der Waals surface area contributed by atoms with Crippen molar-refractivity contribution in [3.8, 4) is 0 Å². The molecule has 4 amide bonds. The van der Waals surface area contributed by atoms with Gasteiger partial charge < -0.3 is 10.1 Å². The van der Waals surface area contributed by atoms with Crippen LogP contribution in [-0.4, -0.2) is 55.3 Å². The fourth-order valence-corrected chi connectivity index (χ4v) is 2.23. The lowest BCUT2D eigenvalue weighted by molar-refractivity contribution is -0.130. The number of hydrogen-bond acceptors (Lipinski definition) is 4. The van der Waals surface area contributed by atoms with E-state index in [0.717, 1.165) is 11.3 Å². The summed E-state index contributed by atoms with van der Waals surface area (Å²) in [7, 11) is 1.60. The van der Waals surface area contributed by atoms with Gasteiger partial charge in [0.05, 0.1) is 11.6 Å². The van der Waals surface area contributed by atoms with Crippen molar-refractivity contribution in [2.24, 2.45) is 10.9 Å². The number of nitrogens with one attached hydrogen (secondary N) is 1. The van der Waals surface area contributed by atoms with Gasteiger partial charge in [0.1, 0.15) is 0 Å². The van der Waals surface area contributed by atoms with Crippen LogP contribution in [0.5, 0.6) is 0 Å². The molecule has 0 aromatic heterocycles. The van der Waals surface area contributed by atoms with Crippen molar-refractivity contribution in [1.29, 1.82) is 0 Å². The molecule has 0 aromatic rings. The topological polar surface area (TPSA) is 88.1 Å². The Bertz CT molecular complexity index is 551. The van der Waals surface area contributed by atoms with Gasteiger partial charge in [-0.25, -0.2) is 4.79 Å². The zero-order valence-corrected chi connectivity index (χ0v) is 12.4. The first-order valence-electron chi connectivity index (χ1n) is 7.18. The van der Waals surface area contributed by atoms with Crippen molar-refractivity contribution >= 4 is 23.6 Å². The van der Waals surface area contributed by atoms with Crippen molar-refractivity contribution in [1.82, 2.24) is 10.2 Å². The van der Waals surface area contributed by atoms with Gasteiger partial charge in [0.25, 0.3) is 0 Å². The minimum Gasteiger partial charge on any atom is -0.385 e. The summed E-state index contributed by atoms with van der Waals surface area (Å²) in [5, 5.41) is 2.71. The number of imide groups is 1. The van der Waals surface area contributed by atoms with Gasteiger partial charge in [-0.15, -0.1) is 0 Å². The van der Waals surface area contributed by atoms with Gasteiger partial charge in [-0.3, -0.25) is 14.5 Å². The van der Waals surface area contributed by atoms with Crippen LogP contribution in [0.2, 0.25) is 0 Å². The molecule has 1 heterocycles. The van der Waals surface area contributed by atoms with Crippen LogP contribution in [0, 0.1) is 5.92 Å². The predicted molar refractivity (Wildman–Crippen MR) is 80.4 cm³/mol. The number of carbonyl (C=O) groups is 3. The Morgan fingerprint density at radius 2 is 2.23 bits per heavy atom. The molecule has 7 nitrogen and oxygen atoms in total. The molecule has 0 radical (unpaired) electrons. The molecule has 1 unspecified atom stereocenters. The first kappa shape index (κ1) is 16.1. The fourth-order valence-electron chi connectivity index (χ4n) is 2.23. The zero-order valence-electron chi connectivity index (χ0n) is 12.4. The Hall–Kier alpha value is -2.28. The minimum atomic E-state index is -0.608. The molecule has 0 bridgehead atoms. The number of ether oxygens (including phenoxy) is 1. The standard InChI is InChI=1S/C15H19N3O4/c1-22-10-4-8-16-13(19)7-9-18-14(20)11-5-2-3-6-12(11)17-15(18)21/h2-3,5-6,11H,4,7-10H2,1H3,(H,16,19). The number of methoxy groups -OCH3 is 1. The molecule has 22 heavy (non-hydrogen) atoms. The van der Waals surface area contributed by atoms with Crippen LogP contribution in [-0.2, 0) is 14.3 Å². The molecule has 118 valence electrons. The van der Waals surface area contributed by atoms with Crippen LogP contribution < -0.4 is 5.32 Å². The highest BCUT2D eigenvalue weighted by molar-refractivity contribution is 6.21. The van der Waals surface area contributed by atoms with Gasteiger partial charge in [-0.2, -0.15) is 4.99 Å². The first-order valence-corrected chi connectivity index (χ1v) is 7.18. The number of rotatable bonds is 7. The van der Waals surface area contributed by atoms with Crippen molar-refractivity contribution in [2.75, 3.05) is 26.8 Å². The lowest BCUT2D eigenvalue weighted by atomic mass is 9.95. The van der Waals surface area contributed by atoms with Crippen molar-refractivity contribution < 1.29 is 19.1 Å². The first-order chi connectivity index (χ1) is 10.6. The molecule has 2 rings (SSSR count). The number of amides is 4. The van der Waals surface area contributed by atoms with E-state index in [2.05, 4.69) is 10.3 Å². The largest absolute Gasteiger partial charge is 0.385 e. The number of nitrogens with zero attached hydrogens (tertiary/aromatic N) is 2. The quantitative estimate of drug-likeness (QED) is 0.700. The second kappa shape index (κ2) is 7.65. The average Bonchev–Trinajstić information content (AvgIpc) is 2.51. The summed E-state index contributed by atoms with van der Waals surface area (Å²) in [6, 6.07) is -0.608. The van der Waals surface area contributed by atoms with E-state index >= 15 is 0 Å². The molecule has 7 heteroatoms. The second-order valence-electron chi connectivity index (χ2n) is 4.98. The number of aliphatic imine (C=N–C) groups is 1. The maximum atomic E-state index is 12.3. The summed E-state index contributed by atoms with van der Waals surface area (Å²) in [6.45, 7) is 1.12. The summed E-state index contributed by atoms with van der Waals surface area (Å²) in [4.78, 5) is 40.8. The summed E-state index contributed by atoms with van der Waals surface area (Å²) in [5.74, 6) is -1.05. The molecular formula is C15H19N3O4. The van der Waals surface area contributed by atoms with E-state index in [4.69, 9.17) is 4.74 Å². The third-order valence-corrected chi connectivity index (χ3v) is 3.40. The van der Waals surface area contributed by atoms with E-state index in [1.807, 2.05) is 0 Å². The van der Waals surface area contributed by atoms with Gasteiger partial charge in [0.2, 0.25) is 11.8 Å². The van der Waals surface area contributed by atoms with Gasteiger partial charge in [-0.05, 0) is 12.5 Å². The van der Waals surface area contributed by atoms with E-state index in [0.29, 0.717) is 18.9 Å². The predicted octanol–water partition coefficient (Wildman–Crippen LogP) is 0.675. The summed E-state index contributed by atoms with van der Waals surface area (Å²) >= 11 is 0. The molecule has 1 atom stereocenters. The third kappa shape index (κ3) is 3.88. The Kier molecular flexibility index (Phi) is 5.60. The Balaban J connectivity index is 1.85. The molecule has 0 saturated carbocycles. The molecule has 1 N–H and O–H groups in total. The second-order valence-corrected chi connectivity index (χ2v) is 4.98. The number of urea groups is 1. The van der Waals surface area contributed by atoms with Gasteiger partial charge in [0, 0.05) is 33.2 Å². The highest BCUT2D eigenvalue weighted by atomic mass is 16.5. The lowest BCUT2D eigenvalue weighted by Gasteiger charge is -2.28. The van der Waals surface area contributed by atoms with E-state index in [-0.39, 0.29) is 24.8 Å². The zero-order chi connectivity index (χ0) is 15.9. The molecule has 2 aliphatic rings. The Morgan fingerprint density at radius 3 is 3.00 bits per heavy atom. The van der Waals surface area contributed by atoms with E-state index in [1.54, 1.807) is 31.4 Å². The van der Waals surface area contributed by atoms with Crippen LogP contribution >= 0.6 is 0 Å². The Labute approximate surface area is 128 Å². The molecule has 0 aromatic carbocycles. The van der Waals surface area contributed by atoms with Crippen molar-refractivity contribution in [2.45, 2.75) is 12.8 Å². The van der Waals surface area contributed by atoms with E-state index < -0.39 is 11.9 Å². The molecule has 0 saturated heterocycles. The maximum Gasteiger partial charge on any atom is 0.350 e. The number of hydrogen-bond donors (Lipinski definition) is 1. The summed E-state index contributed by atoms with van der Waals surface area (Å²) in [6.07, 6.45) is 7.63. The summed E-state index contributed by atoms with van der Waals surface area (Å²) < 4.78 is 4.88. The smallest absolute Gasteiger partial charge is 0.350 e. The number of carbonyl (C=O) groups excluding carboxylic acids is 3. The normalized spacial score (nSPS) is 20.0. The Morgan fingerprint density at radius 1 is 1.41 bits per heavy atom. The molecular weight excluding hydrogens is 286 g/mol. The lowest BCUT2D eigenvalue weighted by Crippen LogP contribution is -2.47. The van der Waals surface area contributed by atoms with Crippen LogP contribution in [0.25, 0.3) is 0 Å².